The molecule has 0 saturated heterocycles. The molecule has 136 valence electrons. The number of benzene rings is 1. The van der Waals surface area contributed by atoms with Crippen LogP contribution in [-0.4, -0.2) is 31.2 Å². The Bertz CT molecular complexity index is 848. The van der Waals surface area contributed by atoms with Gasteiger partial charge in [0, 0.05) is 24.6 Å². The molecule has 2 aromatic rings. The molecule has 2 rings (SSSR count). The van der Waals surface area contributed by atoms with E-state index >= 15 is 0 Å². The molecular weight excluding hydrogens is 336 g/mol. The fourth-order valence-electron chi connectivity index (χ4n) is 2.64. The van der Waals surface area contributed by atoms with Gasteiger partial charge in [0.2, 0.25) is 5.95 Å². The molecule has 1 heterocycles. The largest absolute Gasteiger partial charge is 0.369 e. The highest BCUT2D eigenvalue weighted by Gasteiger charge is 2.16. The Morgan fingerprint density at radius 3 is 2.56 bits per heavy atom. The van der Waals surface area contributed by atoms with Crippen molar-refractivity contribution in [2.45, 2.75) is 38.5 Å². The van der Waals surface area contributed by atoms with Crippen molar-refractivity contribution in [3.8, 4) is 11.1 Å². The van der Waals surface area contributed by atoms with E-state index in [2.05, 4.69) is 36.1 Å². The summed E-state index contributed by atoms with van der Waals surface area (Å²) in [4.78, 5) is 8.77. The first-order chi connectivity index (χ1) is 11.7. The summed E-state index contributed by atoms with van der Waals surface area (Å²) in [5.74, 6) is 1.27. The van der Waals surface area contributed by atoms with Crippen molar-refractivity contribution in [1.82, 2.24) is 9.97 Å². The normalized spacial score (nSPS) is 11.7. The van der Waals surface area contributed by atoms with E-state index in [1.54, 1.807) is 18.3 Å². The molecule has 0 aliphatic heterocycles. The molecule has 0 spiro atoms. The van der Waals surface area contributed by atoms with Gasteiger partial charge in [-0.2, -0.15) is 4.98 Å². The molecule has 0 atom stereocenters. The highest BCUT2D eigenvalue weighted by atomic mass is 32.2. The molecule has 7 heteroatoms. The summed E-state index contributed by atoms with van der Waals surface area (Å²) in [6.07, 6.45) is 4.63. The van der Waals surface area contributed by atoms with Gasteiger partial charge in [0.05, 0.1) is 4.90 Å². The number of rotatable bonds is 7. The Labute approximate surface area is 149 Å². The number of sulfone groups is 1. The van der Waals surface area contributed by atoms with Crippen molar-refractivity contribution in [2.75, 3.05) is 23.9 Å². The molecule has 0 fully saturated rings. The fraction of sp³-hybridized carbons (Fsp3) is 0.444. The van der Waals surface area contributed by atoms with Gasteiger partial charge in [-0.25, -0.2) is 13.4 Å². The van der Waals surface area contributed by atoms with Crippen molar-refractivity contribution < 1.29 is 8.42 Å². The summed E-state index contributed by atoms with van der Waals surface area (Å²) >= 11 is 0. The first kappa shape index (κ1) is 19.2. The molecule has 0 aliphatic rings. The number of nitrogens with zero attached hydrogens (tertiary/aromatic N) is 2. The molecule has 0 unspecified atom stereocenters. The third-order valence-electron chi connectivity index (χ3n) is 3.77. The highest BCUT2D eigenvalue weighted by Crippen LogP contribution is 2.32. The summed E-state index contributed by atoms with van der Waals surface area (Å²) in [5, 5.41) is 3.28. The minimum Gasteiger partial charge on any atom is -0.369 e. The molecule has 1 aromatic heterocycles. The molecule has 0 aliphatic carbocycles. The Kier molecular flexibility index (Phi) is 6.00. The molecule has 3 N–H and O–H groups in total. The number of nitrogens with two attached hydrogens (primary N) is 1. The Morgan fingerprint density at radius 1 is 1.24 bits per heavy atom. The first-order valence-corrected chi connectivity index (χ1v) is 10.3. The number of nitrogens with one attached hydrogen (secondary N) is 1. The van der Waals surface area contributed by atoms with Gasteiger partial charge in [0.25, 0.3) is 0 Å². The Hall–Kier alpha value is -2.15. The van der Waals surface area contributed by atoms with Crippen LogP contribution in [0.5, 0.6) is 0 Å². The van der Waals surface area contributed by atoms with Crippen LogP contribution in [-0.2, 0) is 16.3 Å². The molecule has 6 nitrogen and oxygen atoms in total. The SMILES string of the molecule is CCCNc1nc(N)ncc1-c1ccc(S(C)(=O)=O)cc1CC(C)C. The van der Waals surface area contributed by atoms with Crippen LogP contribution >= 0.6 is 0 Å². The van der Waals surface area contributed by atoms with Crippen molar-refractivity contribution in [3.05, 3.63) is 30.0 Å². The van der Waals surface area contributed by atoms with Gasteiger partial charge in [0.1, 0.15) is 5.82 Å². The fourth-order valence-corrected chi connectivity index (χ4v) is 3.31. The maximum absolute atomic E-state index is 11.9. The number of nitrogen functional groups attached to an aromatic ring is 1. The summed E-state index contributed by atoms with van der Waals surface area (Å²) < 4.78 is 23.8. The minimum absolute atomic E-state index is 0.209. The van der Waals surface area contributed by atoms with Crippen LogP contribution in [0.4, 0.5) is 11.8 Å². The van der Waals surface area contributed by atoms with Gasteiger partial charge in [0.15, 0.2) is 9.84 Å². The molecule has 1 aromatic carbocycles. The average Bonchev–Trinajstić information content (AvgIpc) is 2.52. The maximum Gasteiger partial charge on any atom is 0.221 e. The average molecular weight is 362 g/mol. The van der Waals surface area contributed by atoms with E-state index in [9.17, 15) is 8.42 Å². The molecule has 0 bridgehead atoms. The van der Waals surface area contributed by atoms with E-state index in [0.717, 1.165) is 36.1 Å². The molecule has 0 saturated carbocycles. The van der Waals surface area contributed by atoms with E-state index in [0.29, 0.717) is 16.6 Å². The molecule has 0 amide bonds. The zero-order valence-electron chi connectivity index (χ0n) is 15.2. The van der Waals surface area contributed by atoms with E-state index in [1.807, 2.05) is 6.07 Å². The predicted octanol–water partition coefficient (Wildman–Crippen LogP) is 3.15. The van der Waals surface area contributed by atoms with E-state index in [1.165, 1.54) is 6.26 Å². The van der Waals surface area contributed by atoms with Crippen molar-refractivity contribution in [2.24, 2.45) is 5.92 Å². The van der Waals surface area contributed by atoms with Crippen LogP contribution in [0, 0.1) is 5.92 Å². The summed E-state index contributed by atoms with van der Waals surface area (Å²) in [6.45, 7) is 7.05. The van der Waals surface area contributed by atoms with Crippen molar-refractivity contribution in [3.63, 3.8) is 0 Å². The van der Waals surface area contributed by atoms with Crippen LogP contribution in [0.2, 0.25) is 0 Å². The lowest BCUT2D eigenvalue weighted by Gasteiger charge is -2.16. The van der Waals surface area contributed by atoms with E-state index in [4.69, 9.17) is 5.73 Å². The summed E-state index contributed by atoms with van der Waals surface area (Å²) in [6, 6.07) is 5.22. The smallest absolute Gasteiger partial charge is 0.221 e. The van der Waals surface area contributed by atoms with Crippen LogP contribution in [0.1, 0.15) is 32.8 Å². The Morgan fingerprint density at radius 2 is 1.96 bits per heavy atom. The van der Waals surface area contributed by atoms with Crippen LogP contribution in [0.3, 0.4) is 0 Å². The molecule has 25 heavy (non-hydrogen) atoms. The Balaban J connectivity index is 2.61. The van der Waals surface area contributed by atoms with Gasteiger partial charge in [-0.1, -0.05) is 26.8 Å². The van der Waals surface area contributed by atoms with Gasteiger partial charge in [-0.3, -0.25) is 0 Å². The van der Waals surface area contributed by atoms with Gasteiger partial charge in [-0.15, -0.1) is 0 Å². The lowest BCUT2D eigenvalue weighted by Crippen LogP contribution is -2.08. The zero-order chi connectivity index (χ0) is 18.6. The van der Waals surface area contributed by atoms with Crippen molar-refractivity contribution >= 4 is 21.6 Å². The zero-order valence-corrected chi connectivity index (χ0v) is 16.0. The van der Waals surface area contributed by atoms with Crippen LogP contribution < -0.4 is 11.1 Å². The number of hydrogen-bond acceptors (Lipinski definition) is 6. The highest BCUT2D eigenvalue weighted by molar-refractivity contribution is 7.90. The second-order valence-electron chi connectivity index (χ2n) is 6.61. The van der Waals surface area contributed by atoms with Gasteiger partial charge < -0.3 is 11.1 Å². The molecule has 0 radical (unpaired) electrons. The molecular formula is C18H26N4O2S. The lowest BCUT2D eigenvalue weighted by molar-refractivity contribution is 0.601. The third-order valence-corrected chi connectivity index (χ3v) is 4.88. The summed E-state index contributed by atoms with van der Waals surface area (Å²) in [7, 11) is -3.26. The lowest BCUT2D eigenvalue weighted by atomic mass is 9.94. The second kappa shape index (κ2) is 7.82. The standard InChI is InChI=1S/C18H26N4O2S/c1-5-8-20-17-16(11-21-18(19)22-17)15-7-6-14(25(4,23)24)10-13(15)9-12(2)3/h6-7,10-12H,5,8-9H2,1-4H3,(H3,19,20,21,22). The topological polar surface area (TPSA) is 98.0 Å². The van der Waals surface area contributed by atoms with Crippen LogP contribution in [0.15, 0.2) is 29.3 Å². The quantitative estimate of drug-likeness (QED) is 0.785. The predicted molar refractivity (Wildman–Crippen MR) is 102 cm³/mol. The van der Waals surface area contributed by atoms with Crippen LogP contribution in [0.25, 0.3) is 11.1 Å². The maximum atomic E-state index is 11.9. The number of anilines is 2. The van der Waals surface area contributed by atoms with E-state index in [-0.39, 0.29) is 5.95 Å². The minimum atomic E-state index is -3.26. The van der Waals surface area contributed by atoms with Crippen molar-refractivity contribution in [1.29, 1.82) is 0 Å². The van der Waals surface area contributed by atoms with Gasteiger partial charge in [-0.05, 0) is 42.0 Å². The third kappa shape index (κ3) is 4.92. The second-order valence-corrected chi connectivity index (χ2v) is 8.62. The summed E-state index contributed by atoms with van der Waals surface area (Å²) in [5.41, 5.74) is 8.46. The van der Waals surface area contributed by atoms with E-state index < -0.39 is 9.84 Å². The first-order valence-electron chi connectivity index (χ1n) is 8.42. The van der Waals surface area contributed by atoms with Gasteiger partial charge >= 0.3 is 0 Å². The number of aromatic nitrogens is 2. The number of hydrogen-bond donors (Lipinski definition) is 2. The monoisotopic (exact) mass is 362 g/mol.